The maximum absolute atomic E-state index is 9.85. The van der Waals surface area contributed by atoms with Gasteiger partial charge in [-0.25, -0.2) is 4.98 Å². The summed E-state index contributed by atoms with van der Waals surface area (Å²) in [5.41, 5.74) is 9.24. The van der Waals surface area contributed by atoms with E-state index < -0.39 is 0 Å². The molecular formula is C22H25N3O2S. The fraction of sp³-hybridized carbons (Fsp3) is 0.318. The maximum Gasteiger partial charge on any atom is 0.180 e. The first-order valence-electron chi connectivity index (χ1n) is 9.46. The van der Waals surface area contributed by atoms with E-state index in [1.807, 2.05) is 6.07 Å². The van der Waals surface area contributed by atoms with Crippen LogP contribution in [-0.2, 0) is 12.0 Å². The van der Waals surface area contributed by atoms with Crippen molar-refractivity contribution in [1.82, 2.24) is 9.88 Å². The van der Waals surface area contributed by atoms with Crippen LogP contribution < -0.4 is 10.5 Å². The molecule has 0 bridgehead atoms. The molecule has 0 amide bonds. The summed E-state index contributed by atoms with van der Waals surface area (Å²) in [7, 11) is 1.67. The van der Waals surface area contributed by atoms with Gasteiger partial charge in [0, 0.05) is 22.9 Å². The molecule has 0 aliphatic carbocycles. The Hall–Kier alpha value is -2.57. The number of nitrogen functional groups attached to an aromatic ring is 1. The van der Waals surface area contributed by atoms with E-state index in [1.165, 1.54) is 16.9 Å². The summed E-state index contributed by atoms with van der Waals surface area (Å²) in [5.74, 6) is 1.08. The molecule has 3 aromatic rings. The number of phenols is 1. The Morgan fingerprint density at radius 2 is 1.93 bits per heavy atom. The van der Waals surface area contributed by atoms with Gasteiger partial charge in [-0.1, -0.05) is 30.3 Å². The van der Waals surface area contributed by atoms with Crippen molar-refractivity contribution in [3.8, 4) is 11.5 Å². The van der Waals surface area contributed by atoms with E-state index in [1.54, 1.807) is 19.2 Å². The predicted molar refractivity (Wildman–Crippen MR) is 113 cm³/mol. The number of nitrogens with zero attached hydrogens (tertiary/aromatic N) is 2. The Labute approximate surface area is 169 Å². The highest BCUT2D eigenvalue weighted by atomic mass is 32.1. The number of aromatic hydroxyl groups is 1. The van der Waals surface area contributed by atoms with E-state index in [2.05, 4.69) is 45.6 Å². The normalized spacial score (nSPS) is 16.8. The van der Waals surface area contributed by atoms with Crippen molar-refractivity contribution in [3.05, 3.63) is 70.7 Å². The summed E-state index contributed by atoms with van der Waals surface area (Å²) in [6, 6.07) is 15.9. The first-order valence-corrected chi connectivity index (χ1v) is 10.3. The van der Waals surface area contributed by atoms with Gasteiger partial charge in [0.15, 0.2) is 5.13 Å². The van der Waals surface area contributed by atoms with Crippen LogP contribution in [0.4, 0.5) is 5.13 Å². The highest BCUT2D eigenvalue weighted by Crippen LogP contribution is 2.42. The van der Waals surface area contributed by atoms with Crippen LogP contribution in [-0.4, -0.2) is 35.2 Å². The zero-order valence-corrected chi connectivity index (χ0v) is 16.8. The van der Waals surface area contributed by atoms with Gasteiger partial charge in [0.25, 0.3) is 0 Å². The Balaban J connectivity index is 1.57. The minimum atomic E-state index is -0.102. The second-order valence-corrected chi connectivity index (χ2v) is 8.18. The van der Waals surface area contributed by atoms with Crippen LogP contribution in [0.25, 0.3) is 0 Å². The monoisotopic (exact) mass is 395 g/mol. The number of nitrogens with two attached hydrogens (primary N) is 1. The average Bonchev–Trinajstić information content (AvgIpc) is 3.16. The van der Waals surface area contributed by atoms with Gasteiger partial charge >= 0.3 is 0 Å². The van der Waals surface area contributed by atoms with Crippen LogP contribution >= 0.6 is 11.3 Å². The molecule has 1 aliphatic heterocycles. The quantitative estimate of drug-likeness (QED) is 0.683. The number of hydrogen-bond donors (Lipinski definition) is 2. The van der Waals surface area contributed by atoms with Crippen molar-refractivity contribution >= 4 is 16.5 Å². The second-order valence-electron chi connectivity index (χ2n) is 7.29. The maximum atomic E-state index is 9.85. The van der Waals surface area contributed by atoms with E-state index in [-0.39, 0.29) is 11.2 Å². The fourth-order valence-corrected chi connectivity index (χ4v) is 4.84. The van der Waals surface area contributed by atoms with Gasteiger partial charge in [0.1, 0.15) is 11.5 Å². The summed E-state index contributed by atoms with van der Waals surface area (Å²) < 4.78 is 5.46. The number of hydrogen-bond acceptors (Lipinski definition) is 6. The summed E-state index contributed by atoms with van der Waals surface area (Å²) >= 11 is 1.51. The fourth-order valence-electron chi connectivity index (χ4n) is 4.18. The summed E-state index contributed by atoms with van der Waals surface area (Å²) in [5, 5.41) is 12.6. The lowest BCUT2D eigenvalue weighted by Crippen LogP contribution is -2.43. The molecule has 6 heteroatoms. The highest BCUT2D eigenvalue weighted by Gasteiger charge is 2.39. The van der Waals surface area contributed by atoms with Crippen molar-refractivity contribution in [2.75, 3.05) is 25.9 Å². The topological polar surface area (TPSA) is 71.6 Å². The summed E-state index contributed by atoms with van der Waals surface area (Å²) in [6.07, 6.45) is 1.95. The van der Waals surface area contributed by atoms with E-state index in [0.29, 0.717) is 5.13 Å². The Bertz CT molecular complexity index is 934. The number of benzene rings is 2. The molecular weight excluding hydrogens is 370 g/mol. The third kappa shape index (κ3) is 3.57. The lowest BCUT2D eigenvalue weighted by atomic mass is 9.70. The van der Waals surface area contributed by atoms with Crippen LogP contribution in [0.5, 0.6) is 11.5 Å². The van der Waals surface area contributed by atoms with Crippen molar-refractivity contribution in [1.29, 1.82) is 0 Å². The largest absolute Gasteiger partial charge is 0.508 e. The first kappa shape index (κ1) is 18.8. The number of anilines is 1. The van der Waals surface area contributed by atoms with Gasteiger partial charge in [-0.3, -0.25) is 4.90 Å². The predicted octanol–water partition coefficient (Wildman–Crippen LogP) is 4.02. The minimum absolute atomic E-state index is 0.102. The van der Waals surface area contributed by atoms with E-state index in [9.17, 15) is 5.11 Å². The standard InChI is InChI=1S/C22H25N3O2S/c1-27-19-8-7-18(26)13-16(19)14-25-11-9-22(10-12-25,17-5-3-2-4-6-17)20-15-28-21(23)24-20/h2-8,13,15,26H,9-12,14H2,1H3,(H2,23,24). The van der Waals surface area contributed by atoms with Gasteiger partial charge in [-0.05, 0) is 49.7 Å². The van der Waals surface area contributed by atoms with Gasteiger partial charge in [-0.15, -0.1) is 11.3 Å². The Morgan fingerprint density at radius 1 is 1.18 bits per heavy atom. The van der Waals surface area contributed by atoms with Crippen molar-refractivity contribution in [3.63, 3.8) is 0 Å². The molecule has 5 nitrogen and oxygen atoms in total. The van der Waals surface area contributed by atoms with Crippen LogP contribution in [0.15, 0.2) is 53.9 Å². The van der Waals surface area contributed by atoms with Gasteiger partial charge in [0.05, 0.1) is 12.8 Å². The molecule has 1 fully saturated rings. The average molecular weight is 396 g/mol. The van der Waals surface area contributed by atoms with Gasteiger partial charge in [-0.2, -0.15) is 0 Å². The molecule has 146 valence electrons. The van der Waals surface area contributed by atoms with E-state index in [0.717, 1.165) is 49.5 Å². The third-order valence-electron chi connectivity index (χ3n) is 5.71. The summed E-state index contributed by atoms with van der Waals surface area (Å²) in [6.45, 7) is 2.62. The number of phenolic OH excluding ortho intramolecular Hbond substituents is 1. The summed E-state index contributed by atoms with van der Waals surface area (Å²) in [4.78, 5) is 7.07. The zero-order valence-electron chi connectivity index (χ0n) is 16.0. The second kappa shape index (κ2) is 7.81. The molecule has 0 unspecified atom stereocenters. The van der Waals surface area contributed by atoms with Crippen molar-refractivity contribution in [2.45, 2.75) is 24.8 Å². The van der Waals surface area contributed by atoms with Gasteiger partial charge < -0.3 is 15.6 Å². The first-order chi connectivity index (χ1) is 13.6. The molecule has 0 radical (unpaired) electrons. The molecule has 0 atom stereocenters. The van der Waals surface area contributed by atoms with Crippen LogP contribution in [0.3, 0.4) is 0 Å². The number of piperidine rings is 1. The number of likely N-dealkylation sites (tertiary alicyclic amines) is 1. The molecule has 4 rings (SSSR count). The van der Waals surface area contributed by atoms with Crippen molar-refractivity contribution < 1.29 is 9.84 Å². The van der Waals surface area contributed by atoms with Gasteiger partial charge in [0.2, 0.25) is 0 Å². The van der Waals surface area contributed by atoms with Crippen LogP contribution in [0, 0.1) is 0 Å². The minimum Gasteiger partial charge on any atom is -0.508 e. The number of aromatic nitrogens is 1. The highest BCUT2D eigenvalue weighted by molar-refractivity contribution is 7.13. The van der Waals surface area contributed by atoms with E-state index >= 15 is 0 Å². The Morgan fingerprint density at radius 3 is 2.57 bits per heavy atom. The number of rotatable bonds is 5. The number of ether oxygens (including phenoxy) is 1. The molecule has 0 spiro atoms. The van der Waals surface area contributed by atoms with Crippen LogP contribution in [0.1, 0.15) is 29.7 Å². The number of thiazole rings is 1. The molecule has 0 saturated carbocycles. The molecule has 1 aromatic heterocycles. The number of methoxy groups -OCH3 is 1. The Kier molecular flexibility index (Phi) is 5.24. The molecule has 1 aliphatic rings. The van der Waals surface area contributed by atoms with Crippen LogP contribution in [0.2, 0.25) is 0 Å². The molecule has 2 heterocycles. The zero-order chi connectivity index (χ0) is 19.6. The lowest BCUT2D eigenvalue weighted by Gasteiger charge is -2.41. The smallest absolute Gasteiger partial charge is 0.180 e. The molecule has 2 aromatic carbocycles. The van der Waals surface area contributed by atoms with E-state index in [4.69, 9.17) is 10.5 Å². The SMILES string of the molecule is COc1ccc(O)cc1CN1CCC(c2ccccc2)(c2csc(N)n2)CC1. The molecule has 3 N–H and O–H groups in total. The molecule has 1 saturated heterocycles. The molecule has 28 heavy (non-hydrogen) atoms. The lowest BCUT2D eigenvalue weighted by molar-refractivity contribution is 0.169. The van der Waals surface area contributed by atoms with Crippen molar-refractivity contribution in [2.24, 2.45) is 0 Å². The third-order valence-corrected chi connectivity index (χ3v) is 6.38.